The lowest BCUT2D eigenvalue weighted by molar-refractivity contribution is 0.229. The summed E-state index contributed by atoms with van der Waals surface area (Å²) in [5.74, 6) is 1.29. The molecule has 0 aromatic rings. The molecule has 1 atom stereocenters. The molecule has 0 aliphatic carbocycles. The van der Waals surface area contributed by atoms with Gasteiger partial charge in [0.15, 0.2) is 0 Å². The molecule has 1 saturated heterocycles. The van der Waals surface area contributed by atoms with Crippen LogP contribution in [-0.4, -0.2) is 48.6 Å². The average molecular weight is 244 g/mol. The van der Waals surface area contributed by atoms with Gasteiger partial charge in [-0.2, -0.15) is 11.8 Å². The van der Waals surface area contributed by atoms with Gasteiger partial charge in [-0.15, -0.1) is 0 Å². The van der Waals surface area contributed by atoms with E-state index in [1.165, 1.54) is 51.1 Å². The Hall–Kier alpha value is 0.270. The maximum atomic E-state index is 3.72. The quantitative estimate of drug-likeness (QED) is 0.723. The van der Waals surface area contributed by atoms with E-state index in [0.29, 0.717) is 0 Å². The zero-order valence-electron chi connectivity index (χ0n) is 11.2. The van der Waals surface area contributed by atoms with Gasteiger partial charge in [0.25, 0.3) is 0 Å². The van der Waals surface area contributed by atoms with Crippen molar-refractivity contribution in [2.24, 2.45) is 0 Å². The van der Waals surface area contributed by atoms with Gasteiger partial charge < -0.3 is 10.2 Å². The van der Waals surface area contributed by atoms with Gasteiger partial charge >= 0.3 is 0 Å². The van der Waals surface area contributed by atoms with E-state index in [2.05, 4.69) is 30.3 Å². The summed E-state index contributed by atoms with van der Waals surface area (Å²) in [5.41, 5.74) is 0. The average Bonchev–Trinajstić information content (AvgIpc) is 2.50. The minimum Gasteiger partial charge on any atom is -0.314 e. The molecule has 16 heavy (non-hydrogen) atoms. The summed E-state index contributed by atoms with van der Waals surface area (Å²) in [6.07, 6.45) is 7.55. The zero-order chi connectivity index (χ0) is 11.8. The second-order valence-corrected chi connectivity index (χ2v) is 6.04. The van der Waals surface area contributed by atoms with Crippen LogP contribution in [-0.2, 0) is 0 Å². The smallest absolute Gasteiger partial charge is 0.00797 e. The molecular weight excluding hydrogens is 216 g/mol. The van der Waals surface area contributed by atoms with E-state index in [-0.39, 0.29) is 0 Å². The lowest BCUT2D eigenvalue weighted by atomic mass is 10.1. The van der Waals surface area contributed by atoms with Crippen LogP contribution in [0.2, 0.25) is 0 Å². The maximum absolute atomic E-state index is 3.72. The van der Waals surface area contributed by atoms with Crippen molar-refractivity contribution in [3.05, 3.63) is 0 Å². The van der Waals surface area contributed by atoms with E-state index >= 15 is 0 Å². The summed E-state index contributed by atoms with van der Waals surface area (Å²) in [6, 6.07) is 1.49. The lowest BCUT2D eigenvalue weighted by Gasteiger charge is -2.24. The highest BCUT2D eigenvalue weighted by Crippen LogP contribution is 2.13. The topological polar surface area (TPSA) is 15.3 Å². The van der Waals surface area contributed by atoms with Gasteiger partial charge in [-0.3, -0.25) is 0 Å². The van der Waals surface area contributed by atoms with E-state index in [9.17, 15) is 0 Å². The molecule has 0 bridgehead atoms. The number of hydrogen-bond acceptors (Lipinski definition) is 3. The van der Waals surface area contributed by atoms with Crippen LogP contribution >= 0.6 is 11.8 Å². The fourth-order valence-corrected chi connectivity index (χ4v) is 2.79. The van der Waals surface area contributed by atoms with Gasteiger partial charge in [-0.1, -0.05) is 0 Å². The van der Waals surface area contributed by atoms with Crippen LogP contribution in [0.1, 0.15) is 39.5 Å². The molecule has 0 radical (unpaired) electrons. The summed E-state index contributed by atoms with van der Waals surface area (Å²) in [5, 5.41) is 3.72. The van der Waals surface area contributed by atoms with Crippen LogP contribution in [0.15, 0.2) is 0 Å². The summed E-state index contributed by atoms with van der Waals surface area (Å²) >= 11 is 1.95. The number of nitrogens with one attached hydrogen (secondary N) is 1. The molecule has 1 heterocycles. The Morgan fingerprint density at radius 1 is 1.31 bits per heavy atom. The summed E-state index contributed by atoms with van der Waals surface area (Å²) in [6.45, 7) is 8.39. The molecule has 3 heteroatoms. The largest absolute Gasteiger partial charge is 0.314 e. The molecule has 1 unspecified atom stereocenters. The number of thioether (sulfide) groups is 1. The molecule has 1 aliphatic heterocycles. The van der Waals surface area contributed by atoms with Crippen LogP contribution < -0.4 is 5.32 Å². The third-order valence-corrected chi connectivity index (χ3v) is 4.15. The lowest BCUT2D eigenvalue weighted by Crippen LogP contribution is -2.34. The molecule has 0 aromatic carbocycles. The third-order valence-electron chi connectivity index (χ3n) is 3.45. The van der Waals surface area contributed by atoms with Crippen molar-refractivity contribution in [3.63, 3.8) is 0 Å². The minimum atomic E-state index is 0.718. The van der Waals surface area contributed by atoms with Gasteiger partial charge in [-0.05, 0) is 71.2 Å². The highest BCUT2D eigenvalue weighted by molar-refractivity contribution is 7.98. The van der Waals surface area contributed by atoms with Crippen molar-refractivity contribution in [1.29, 1.82) is 0 Å². The van der Waals surface area contributed by atoms with E-state index in [4.69, 9.17) is 0 Å². The molecule has 0 amide bonds. The van der Waals surface area contributed by atoms with Gasteiger partial charge in [0, 0.05) is 12.1 Å². The molecule has 0 spiro atoms. The summed E-state index contributed by atoms with van der Waals surface area (Å²) < 4.78 is 0. The SMILES string of the molecule is CSCCCNC1CCCN(C(C)C)CC1. The van der Waals surface area contributed by atoms with E-state index in [1.807, 2.05) is 11.8 Å². The molecule has 1 aliphatic rings. The van der Waals surface area contributed by atoms with Gasteiger partial charge in [0.05, 0.1) is 0 Å². The van der Waals surface area contributed by atoms with Crippen molar-refractivity contribution >= 4 is 11.8 Å². The Labute approximate surface area is 106 Å². The summed E-state index contributed by atoms with van der Waals surface area (Å²) in [4.78, 5) is 2.61. The number of hydrogen-bond donors (Lipinski definition) is 1. The number of nitrogens with zero attached hydrogens (tertiary/aromatic N) is 1. The van der Waals surface area contributed by atoms with Crippen molar-refractivity contribution in [2.75, 3.05) is 31.6 Å². The van der Waals surface area contributed by atoms with Crippen molar-refractivity contribution in [2.45, 2.75) is 51.6 Å². The molecule has 1 rings (SSSR count). The molecule has 2 nitrogen and oxygen atoms in total. The predicted molar refractivity (Wildman–Crippen MR) is 75.3 cm³/mol. The first-order valence-electron chi connectivity index (χ1n) is 6.70. The molecule has 1 N–H and O–H groups in total. The van der Waals surface area contributed by atoms with Gasteiger partial charge in [0.1, 0.15) is 0 Å². The first kappa shape index (κ1) is 14.3. The second kappa shape index (κ2) is 8.37. The molecular formula is C13H28N2S. The molecule has 1 fully saturated rings. The van der Waals surface area contributed by atoms with Crippen LogP contribution in [0.5, 0.6) is 0 Å². The Morgan fingerprint density at radius 2 is 2.12 bits per heavy atom. The Balaban J connectivity index is 2.15. The van der Waals surface area contributed by atoms with E-state index < -0.39 is 0 Å². The third kappa shape index (κ3) is 5.55. The minimum absolute atomic E-state index is 0.718. The highest BCUT2D eigenvalue weighted by atomic mass is 32.2. The Morgan fingerprint density at radius 3 is 2.81 bits per heavy atom. The van der Waals surface area contributed by atoms with Crippen LogP contribution in [0, 0.1) is 0 Å². The van der Waals surface area contributed by atoms with E-state index in [1.54, 1.807) is 0 Å². The van der Waals surface area contributed by atoms with Crippen molar-refractivity contribution < 1.29 is 0 Å². The first-order chi connectivity index (χ1) is 7.74. The fourth-order valence-electron chi connectivity index (χ4n) is 2.36. The normalized spacial score (nSPS) is 23.6. The van der Waals surface area contributed by atoms with Crippen molar-refractivity contribution in [1.82, 2.24) is 10.2 Å². The van der Waals surface area contributed by atoms with Crippen molar-refractivity contribution in [3.8, 4) is 0 Å². The zero-order valence-corrected chi connectivity index (χ0v) is 12.0. The summed E-state index contributed by atoms with van der Waals surface area (Å²) in [7, 11) is 0. The molecule has 96 valence electrons. The second-order valence-electron chi connectivity index (χ2n) is 5.06. The first-order valence-corrected chi connectivity index (χ1v) is 8.09. The Kier molecular flexibility index (Phi) is 7.50. The van der Waals surface area contributed by atoms with Crippen LogP contribution in [0.3, 0.4) is 0 Å². The fraction of sp³-hybridized carbons (Fsp3) is 1.00. The monoisotopic (exact) mass is 244 g/mol. The number of likely N-dealkylation sites (tertiary alicyclic amines) is 1. The molecule has 0 aromatic heterocycles. The molecule has 0 saturated carbocycles. The predicted octanol–water partition coefficient (Wildman–Crippen LogP) is 2.59. The standard InChI is InChI=1S/C13H28N2S/c1-12(2)15-9-4-6-13(7-10-15)14-8-5-11-16-3/h12-14H,4-11H2,1-3H3. The highest BCUT2D eigenvalue weighted by Gasteiger charge is 2.17. The maximum Gasteiger partial charge on any atom is 0.00797 e. The van der Waals surface area contributed by atoms with E-state index in [0.717, 1.165) is 12.1 Å². The van der Waals surface area contributed by atoms with Crippen LogP contribution in [0.4, 0.5) is 0 Å². The van der Waals surface area contributed by atoms with Crippen LogP contribution in [0.25, 0.3) is 0 Å². The van der Waals surface area contributed by atoms with Gasteiger partial charge in [0.2, 0.25) is 0 Å². The number of rotatable bonds is 6. The Bertz CT molecular complexity index is 173. The van der Waals surface area contributed by atoms with Gasteiger partial charge in [-0.25, -0.2) is 0 Å².